The van der Waals surface area contributed by atoms with Gasteiger partial charge in [0.2, 0.25) is 0 Å². The minimum atomic E-state index is -4.67. The molecule has 0 fully saturated rings. The fraction of sp³-hybridized carbons (Fsp3) is 0.231. The lowest BCUT2D eigenvalue weighted by Gasteiger charge is -2.28. The first kappa shape index (κ1) is 30.7. The van der Waals surface area contributed by atoms with Gasteiger partial charge in [-0.05, 0) is 47.7 Å². The zero-order valence-electron chi connectivity index (χ0n) is 20.6. The Balaban J connectivity index is 0.00000247. The quantitative estimate of drug-likeness (QED) is 0.170. The van der Waals surface area contributed by atoms with E-state index in [1.807, 2.05) is 13.8 Å². The van der Waals surface area contributed by atoms with Crippen LogP contribution < -0.4 is 4.90 Å². The molecule has 0 saturated heterocycles. The van der Waals surface area contributed by atoms with Gasteiger partial charge >= 0.3 is 11.5 Å². The van der Waals surface area contributed by atoms with E-state index < -0.39 is 69.5 Å². The van der Waals surface area contributed by atoms with Gasteiger partial charge in [-0.25, -0.2) is 18.0 Å². The molecule has 3 amide bonds. The molecule has 3 aromatic rings. The molecule has 204 valence electrons. The molecule has 0 aromatic heterocycles. The third-order valence-corrected chi connectivity index (χ3v) is 5.50. The van der Waals surface area contributed by atoms with Gasteiger partial charge in [-0.2, -0.15) is 13.2 Å². The predicted molar refractivity (Wildman–Crippen MR) is 132 cm³/mol. The molecule has 5 nitrogen and oxygen atoms in total. The summed E-state index contributed by atoms with van der Waals surface area (Å²) in [7, 11) is 0.923. The van der Waals surface area contributed by atoms with Crippen LogP contribution in [0.4, 0.5) is 36.8 Å². The second-order valence-electron chi connectivity index (χ2n) is 7.30. The maximum atomic E-state index is 14.8. The molecule has 0 aliphatic heterocycles. The van der Waals surface area contributed by atoms with Gasteiger partial charge in [0.15, 0.2) is 0 Å². The average Bonchev–Trinajstić information content (AvgIpc) is 2.87. The van der Waals surface area contributed by atoms with Crippen LogP contribution in [-0.2, 0) is 11.3 Å². The first-order chi connectivity index (χ1) is 18.0. The van der Waals surface area contributed by atoms with Crippen LogP contribution in [0.5, 0.6) is 0 Å². The number of hydrogen-bond acceptors (Lipinski definition) is 4. The lowest BCUT2D eigenvalue weighted by Crippen LogP contribution is -2.46. The lowest BCUT2D eigenvalue weighted by atomic mass is 10.1. The number of halogens is 6. The highest BCUT2D eigenvalue weighted by molar-refractivity contribution is 8.00. The Bertz CT molecular complexity index is 1220. The molecule has 3 aromatic carbocycles. The lowest BCUT2D eigenvalue weighted by molar-refractivity contribution is -0.0328. The third-order valence-electron chi connectivity index (χ3n) is 4.77. The van der Waals surface area contributed by atoms with Crippen LogP contribution in [0.15, 0.2) is 71.6 Å². The summed E-state index contributed by atoms with van der Waals surface area (Å²) in [5.74, 6) is -5.00. The highest BCUT2D eigenvalue weighted by Crippen LogP contribution is 2.38. The van der Waals surface area contributed by atoms with Crippen molar-refractivity contribution in [3.05, 3.63) is 95.3 Å². The van der Waals surface area contributed by atoms with Crippen LogP contribution in [0.3, 0.4) is 0 Å². The summed E-state index contributed by atoms with van der Waals surface area (Å²) in [6.07, 6.45) is 0. The Labute approximate surface area is 220 Å². The molecule has 12 heteroatoms. The molecule has 0 atom stereocenters. The van der Waals surface area contributed by atoms with Crippen LogP contribution in [-0.4, -0.2) is 36.1 Å². The minimum absolute atomic E-state index is 0.0339. The highest BCUT2D eigenvalue weighted by atomic mass is 32.2. The Morgan fingerprint density at radius 1 is 0.868 bits per heavy atom. The molecule has 0 saturated carbocycles. The number of rotatable bonds is 7. The third kappa shape index (κ3) is 8.25. The molecule has 0 aliphatic rings. The van der Waals surface area contributed by atoms with Crippen LogP contribution in [0.2, 0.25) is 0 Å². The summed E-state index contributed by atoms with van der Waals surface area (Å²) in [5.41, 5.74) is -5.48. The zero-order valence-corrected chi connectivity index (χ0v) is 21.4. The van der Waals surface area contributed by atoms with Gasteiger partial charge in [0.05, 0.1) is 12.3 Å². The smallest absolute Gasteiger partial charge is 0.356 e. The molecule has 0 unspecified atom stereocenters. The molecule has 0 N–H and O–H groups in total. The summed E-state index contributed by atoms with van der Waals surface area (Å²) in [5, 5.41) is 0. The van der Waals surface area contributed by atoms with E-state index >= 15 is 0 Å². The fourth-order valence-electron chi connectivity index (χ4n) is 3.10. The number of hydrogen-bond donors (Lipinski definition) is 0. The highest BCUT2D eigenvalue weighted by Gasteiger charge is 2.32. The summed E-state index contributed by atoms with van der Waals surface area (Å²) in [4.78, 5) is 26.3. The maximum Gasteiger partial charge on any atom is 0.446 e. The Morgan fingerprint density at radius 2 is 1.47 bits per heavy atom. The van der Waals surface area contributed by atoms with Crippen molar-refractivity contribution in [2.75, 3.05) is 18.7 Å². The zero-order chi connectivity index (χ0) is 28.5. The topological polar surface area (TPSA) is 49.9 Å². The molecule has 3 rings (SSSR count). The molecule has 38 heavy (non-hydrogen) atoms. The number of nitrogens with zero attached hydrogens (tertiary/aromatic N) is 2. The van der Waals surface area contributed by atoms with E-state index in [-0.39, 0.29) is 6.61 Å². The van der Waals surface area contributed by atoms with Gasteiger partial charge < -0.3 is 4.74 Å². The van der Waals surface area contributed by atoms with Crippen molar-refractivity contribution in [3.8, 4) is 0 Å². The number of ether oxygens (including phenoxy) is 1. The molecule has 0 aliphatic carbocycles. The Kier molecular flexibility index (Phi) is 11.2. The monoisotopic (exact) mass is 558 g/mol. The maximum absolute atomic E-state index is 14.8. The number of benzene rings is 3. The van der Waals surface area contributed by atoms with Gasteiger partial charge in [-0.3, -0.25) is 14.6 Å². The van der Waals surface area contributed by atoms with Gasteiger partial charge in [-0.15, -0.1) is 0 Å². The summed E-state index contributed by atoms with van der Waals surface area (Å²) in [6.45, 7) is 3.33. The molecule has 0 spiro atoms. The average molecular weight is 559 g/mol. The number of anilines is 1. The molecule has 0 heterocycles. The van der Waals surface area contributed by atoms with E-state index in [9.17, 15) is 35.9 Å². The first-order valence-electron chi connectivity index (χ1n) is 11.2. The fourth-order valence-corrected chi connectivity index (χ4v) is 3.66. The van der Waals surface area contributed by atoms with Crippen molar-refractivity contribution in [2.45, 2.75) is 30.9 Å². The van der Waals surface area contributed by atoms with Gasteiger partial charge in [0.25, 0.3) is 5.91 Å². The number of amides is 3. The molecular formula is C26H24F6N2O3S. The number of carbonyl (C=O) groups excluding carboxylic acids is 2. The number of urea groups is 1. The second-order valence-corrected chi connectivity index (χ2v) is 8.43. The van der Waals surface area contributed by atoms with Gasteiger partial charge in [-0.1, -0.05) is 50.2 Å². The first-order valence-corrected chi connectivity index (χ1v) is 12.0. The Hall–Kier alpha value is -3.51. The van der Waals surface area contributed by atoms with E-state index in [1.54, 1.807) is 30.3 Å². The van der Waals surface area contributed by atoms with E-state index in [0.717, 1.165) is 37.4 Å². The van der Waals surface area contributed by atoms with Crippen molar-refractivity contribution < 1.29 is 40.7 Å². The van der Waals surface area contributed by atoms with Crippen molar-refractivity contribution >= 4 is 29.4 Å². The summed E-state index contributed by atoms with van der Waals surface area (Å²) < 4.78 is 86.5. The van der Waals surface area contributed by atoms with E-state index in [4.69, 9.17) is 4.74 Å². The summed E-state index contributed by atoms with van der Waals surface area (Å²) >= 11 is -0.552. The minimum Gasteiger partial charge on any atom is -0.356 e. The predicted octanol–water partition coefficient (Wildman–Crippen LogP) is 7.61. The molecular weight excluding hydrogens is 534 g/mol. The Morgan fingerprint density at radius 3 is 2.03 bits per heavy atom. The largest absolute Gasteiger partial charge is 0.446 e. The van der Waals surface area contributed by atoms with E-state index in [2.05, 4.69) is 0 Å². The van der Waals surface area contributed by atoms with E-state index in [0.29, 0.717) is 21.4 Å². The van der Waals surface area contributed by atoms with Crippen molar-refractivity contribution in [2.24, 2.45) is 0 Å². The number of thioether (sulfide) groups is 1. The second kappa shape index (κ2) is 13.9. The van der Waals surface area contributed by atoms with Crippen LogP contribution in [0, 0.1) is 17.5 Å². The molecule has 0 radical (unpaired) electrons. The number of imide groups is 1. The number of alkyl halides is 3. The van der Waals surface area contributed by atoms with Crippen molar-refractivity contribution in [1.82, 2.24) is 4.90 Å². The van der Waals surface area contributed by atoms with Crippen LogP contribution >= 0.6 is 11.8 Å². The summed E-state index contributed by atoms with van der Waals surface area (Å²) in [6, 6.07) is 12.5. The van der Waals surface area contributed by atoms with Crippen molar-refractivity contribution in [3.63, 3.8) is 0 Å². The van der Waals surface area contributed by atoms with Gasteiger partial charge in [0, 0.05) is 11.9 Å². The number of carbonyl (C=O) groups is 2. The van der Waals surface area contributed by atoms with Gasteiger partial charge in [0.1, 0.15) is 29.7 Å². The van der Waals surface area contributed by atoms with Crippen LogP contribution in [0.1, 0.15) is 29.8 Å². The molecule has 0 bridgehead atoms. The van der Waals surface area contributed by atoms with Crippen LogP contribution in [0.25, 0.3) is 0 Å². The van der Waals surface area contributed by atoms with Crippen molar-refractivity contribution in [1.29, 1.82) is 0 Å². The normalized spacial score (nSPS) is 10.9. The SMILES string of the molecule is CC.CN(C(=O)c1c(F)cccc1F)C(=O)N(COCc1ccccc1)c1ccc(SC(F)(F)F)cc1F. The van der Waals surface area contributed by atoms with E-state index in [1.165, 1.54) is 0 Å². The standard InChI is InChI=1S/C24H18F6N2O3S.C2H6/c1-31(22(33)21-17(25)8-5-9-18(21)26)23(34)32(14-35-13-15-6-3-2-4-7-15)20-11-10-16(12-19(20)27)36-24(28,29)30;1-2/h2-12H,13-14H2,1H3;1-2H3.